The van der Waals surface area contributed by atoms with Crippen molar-refractivity contribution < 1.29 is 4.74 Å². The molecule has 3 aromatic rings. The van der Waals surface area contributed by atoms with Crippen LogP contribution in [0.15, 0.2) is 18.2 Å². The van der Waals surface area contributed by atoms with Gasteiger partial charge in [-0.05, 0) is 43.9 Å². The number of fused-ring (bicyclic) bond motifs is 2. The lowest BCUT2D eigenvalue weighted by atomic mass is 9.95. The van der Waals surface area contributed by atoms with Gasteiger partial charge in [-0.25, -0.2) is 0 Å². The maximum Gasteiger partial charge on any atom is 0.143 e. The number of nitrogens with zero attached hydrogens (tertiary/aromatic N) is 3. The fraction of sp³-hybridized carbons (Fsp3) is 0.522. The van der Waals surface area contributed by atoms with Crippen LogP contribution in [0.1, 0.15) is 61.2 Å². The molecule has 1 aliphatic carbocycles. The van der Waals surface area contributed by atoms with Crippen LogP contribution >= 0.6 is 11.5 Å². The maximum atomic E-state index is 5.82. The molecule has 1 aliphatic heterocycles. The molecule has 0 amide bonds. The summed E-state index contributed by atoms with van der Waals surface area (Å²) in [6, 6.07) is 7.06. The van der Waals surface area contributed by atoms with E-state index in [0.717, 1.165) is 25.4 Å². The molecular formula is C23H29N3OS. The van der Waals surface area contributed by atoms with Gasteiger partial charge < -0.3 is 9.30 Å². The highest BCUT2D eigenvalue weighted by molar-refractivity contribution is 7.06. The zero-order valence-corrected chi connectivity index (χ0v) is 17.9. The second-order valence-corrected chi connectivity index (χ2v) is 9.07. The Hall–Kier alpha value is -1.85. The average Bonchev–Trinajstić information content (AvgIpc) is 3.39. The second-order valence-electron chi connectivity index (χ2n) is 8.21. The number of hydrogen-bond donors (Lipinski definition) is 0. The van der Waals surface area contributed by atoms with E-state index in [1.807, 2.05) is 0 Å². The second kappa shape index (κ2) is 7.20. The molecule has 28 heavy (non-hydrogen) atoms. The SMILES string of the molecule is CCN1Cc2snc(-c3c(C)n(C4CCCCC4)c4c(OC)cccc34)c2C1. The third-order valence-corrected chi connectivity index (χ3v) is 7.56. The van der Waals surface area contributed by atoms with Crippen molar-refractivity contribution in [1.29, 1.82) is 0 Å². The van der Waals surface area contributed by atoms with Crippen LogP contribution in [0.2, 0.25) is 0 Å². The lowest BCUT2D eigenvalue weighted by molar-refractivity contribution is 0.302. The Kier molecular flexibility index (Phi) is 4.68. The van der Waals surface area contributed by atoms with Crippen LogP contribution in [0.3, 0.4) is 0 Å². The van der Waals surface area contributed by atoms with Gasteiger partial charge in [0, 0.05) is 46.2 Å². The number of benzene rings is 1. The number of methoxy groups -OCH3 is 1. The molecule has 5 rings (SSSR count). The minimum atomic E-state index is 0.570. The quantitative estimate of drug-likeness (QED) is 0.549. The van der Waals surface area contributed by atoms with Crippen LogP contribution in [-0.4, -0.2) is 27.5 Å². The molecule has 3 heterocycles. The van der Waals surface area contributed by atoms with Gasteiger partial charge in [-0.15, -0.1) is 0 Å². The molecule has 0 unspecified atom stereocenters. The molecular weight excluding hydrogens is 366 g/mol. The van der Waals surface area contributed by atoms with Crippen molar-refractivity contribution in [3.8, 4) is 17.0 Å². The Labute approximate surface area is 171 Å². The first-order valence-corrected chi connectivity index (χ1v) is 11.4. The summed E-state index contributed by atoms with van der Waals surface area (Å²) in [7, 11) is 1.79. The van der Waals surface area contributed by atoms with Gasteiger partial charge >= 0.3 is 0 Å². The van der Waals surface area contributed by atoms with Crippen molar-refractivity contribution in [2.45, 2.75) is 65.1 Å². The molecule has 0 bridgehead atoms. The summed E-state index contributed by atoms with van der Waals surface area (Å²) in [6.45, 7) is 7.71. The zero-order valence-electron chi connectivity index (χ0n) is 17.1. The summed E-state index contributed by atoms with van der Waals surface area (Å²) in [4.78, 5) is 3.94. The van der Waals surface area contributed by atoms with Crippen molar-refractivity contribution >= 4 is 22.4 Å². The highest BCUT2D eigenvalue weighted by atomic mass is 32.1. The van der Waals surface area contributed by atoms with E-state index >= 15 is 0 Å². The van der Waals surface area contributed by atoms with Crippen molar-refractivity contribution in [2.24, 2.45) is 0 Å². The first kappa shape index (κ1) is 18.2. The predicted octanol–water partition coefficient (Wildman–Crippen LogP) is 5.92. The molecule has 2 aliphatic rings. The Balaban J connectivity index is 1.74. The fourth-order valence-electron chi connectivity index (χ4n) is 5.25. The molecule has 0 saturated heterocycles. The predicted molar refractivity (Wildman–Crippen MR) is 116 cm³/mol. The van der Waals surface area contributed by atoms with Gasteiger partial charge in [-0.1, -0.05) is 38.3 Å². The first-order valence-electron chi connectivity index (χ1n) is 10.6. The van der Waals surface area contributed by atoms with Crippen LogP contribution in [0.25, 0.3) is 22.2 Å². The zero-order chi connectivity index (χ0) is 19.3. The number of hydrogen-bond acceptors (Lipinski definition) is 4. The van der Waals surface area contributed by atoms with Gasteiger partial charge in [0.25, 0.3) is 0 Å². The highest BCUT2D eigenvalue weighted by Gasteiger charge is 2.30. The molecule has 1 fully saturated rings. The fourth-order valence-corrected chi connectivity index (χ4v) is 6.16. The number of rotatable bonds is 4. The van der Waals surface area contributed by atoms with Gasteiger partial charge in [0.1, 0.15) is 5.75 Å². The Bertz CT molecular complexity index is 1010. The van der Waals surface area contributed by atoms with Gasteiger partial charge in [0.15, 0.2) is 0 Å². The summed E-state index contributed by atoms with van der Waals surface area (Å²) >= 11 is 1.69. The van der Waals surface area contributed by atoms with E-state index < -0.39 is 0 Å². The molecule has 0 atom stereocenters. The highest BCUT2D eigenvalue weighted by Crippen LogP contribution is 2.45. The van der Waals surface area contributed by atoms with E-state index in [1.54, 1.807) is 18.6 Å². The van der Waals surface area contributed by atoms with Gasteiger partial charge in [-0.2, -0.15) is 4.37 Å². The standard InChI is InChI=1S/C23H29N3OS/c1-4-25-13-18-20(14-25)28-24-22(18)21-15(2)26(16-9-6-5-7-10-16)23-17(21)11-8-12-19(23)27-3/h8,11-12,16H,4-7,9-10,13-14H2,1-3H3. The van der Waals surface area contributed by atoms with Crippen molar-refractivity contribution in [3.63, 3.8) is 0 Å². The summed E-state index contributed by atoms with van der Waals surface area (Å²) in [5.74, 6) is 0.986. The van der Waals surface area contributed by atoms with Crippen molar-refractivity contribution in [3.05, 3.63) is 34.3 Å². The molecule has 1 aromatic carbocycles. The van der Waals surface area contributed by atoms with E-state index in [4.69, 9.17) is 9.11 Å². The maximum absolute atomic E-state index is 5.82. The summed E-state index contributed by atoms with van der Waals surface area (Å²) in [5.41, 5.74) is 6.60. The van der Waals surface area contributed by atoms with E-state index in [0.29, 0.717) is 6.04 Å². The molecule has 5 heteroatoms. The normalized spacial score (nSPS) is 18.1. The topological polar surface area (TPSA) is 30.3 Å². The average molecular weight is 396 g/mol. The summed E-state index contributed by atoms with van der Waals surface area (Å²) in [6.07, 6.45) is 6.55. The van der Waals surface area contributed by atoms with Gasteiger partial charge in [0.05, 0.1) is 18.3 Å². The molecule has 0 radical (unpaired) electrons. The lowest BCUT2D eigenvalue weighted by Gasteiger charge is -2.26. The van der Waals surface area contributed by atoms with E-state index in [-0.39, 0.29) is 0 Å². The molecule has 0 spiro atoms. The smallest absolute Gasteiger partial charge is 0.143 e. The van der Waals surface area contributed by atoms with E-state index in [1.165, 1.54) is 70.4 Å². The minimum absolute atomic E-state index is 0.570. The van der Waals surface area contributed by atoms with Crippen LogP contribution in [0.5, 0.6) is 5.75 Å². The largest absolute Gasteiger partial charge is 0.495 e. The number of ether oxygens (including phenoxy) is 1. The lowest BCUT2D eigenvalue weighted by Crippen LogP contribution is -2.15. The molecule has 0 N–H and O–H groups in total. The third-order valence-electron chi connectivity index (χ3n) is 6.69. The molecule has 4 nitrogen and oxygen atoms in total. The monoisotopic (exact) mass is 395 g/mol. The van der Waals surface area contributed by atoms with Crippen LogP contribution < -0.4 is 4.74 Å². The van der Waals surface area contributed by atoms with Gasteiger partial charge in [-0.3, -0.25) is 4.90 Å². The summed E-state index contributed by atoms with van der Waals surface area (Å²) in [5, 5.41) is 1.30. The number of para-hydroxylation sites is 1. The Morgan fingerprint density at radius 3 is 2.75 bits per heavy atom. The molecule has 148 valence electrons. The van der Waals surface area contributed by atoms with Crippen LogP contribution in [0.4, 0.5) is 0 Å². The molecule has 2 aromatic heterocycles. The third kappa shape index (κ3) is 2.71. The van der Waals surface area contributed by atoms with Crippen molar-refractivity contribution in [2.75, 3.05) is 13.7 Å². The van der Waals surface area contributed by atoms with Crippen molar-refractivity contribution in [1.82, 2.24) is 13.8 Å². The van der Waals surface area contributed by atoms with E-state index in [2.05, 4.69) is 41.5 Å². The van der Waals surface area contributed by atoms with E-state index in [9.17, 15) is 0 Å². The Morgan fingerprint density at radius 1 is 1.18 bits per heavy atom. The molecule has 1 saturated carbocycles. The number of aromatic nitrogens is 2. The summed E-state index contributed by atoms with van der Waals surface area (Å²) < 4.78 is 13.4. The first-order chi connectivity index (χ1) is 13.7. The minimum Gasteiger partial charge on any atom is -0.495 e. The van der Waals surface area contributed by atoms with Crippen LogP contribution in [0, 0.1) is 6.92 Å². The van der Waals surface area contributed by atoms with Gasteiger partial charge in [0.2, 0.25) is 0 Å². The Morgan fingerprint density at radius 2 is 2.00 bits per heavy atom. The van der Waals surface area contributed by atoms with Crippen LogP contribution in [-0.2, 0) is 13.1 Å².